The highest BCUT2D eigenvalue weighted by molar-refractivity contribution is 7.08. The van der Waals surface area contributed by atoms with E-state index in [0.717, 1.165) is 53.7 Å². The van der Waals surface area contributed by atoms with Gasteiger partial charge in [-0.25, -0.2) is 0 Å². The molecule has 0 aliphatic carbocycles. The lowest BCUT2D eigenvalue weighted by molar-refractivity contribution is 0.100. The van der Waals surface area contributed by atoms with Crippen molar-refractivity contribution in [1.29, 1.82) is 0 Å². The summed E-state index contributed by atoms with van der Waals surface area (Å²) in [6.07, 6.45) is 2.13. The maximum Gasteiger partial charge on any atom is 0.250 e. The van der Waals surface area contributed by atoms with Crippen molar-refractivity contribution in [2.24, 2.45) is 5.73 Å². The predicted molar refractivity (Wildman–Crippen MR) is 100 cm³/mol. The number of piperidine rings is 1. The van der Waals surface area contributed by atoms with Crippen LogP contribution in [0, 0.1) is 0 Å². The van der Waals surface area contributed by atoms with Crippen LogP contribution in [-0.4, -0.2) is 29.2 Å². The molecule has 1 amide bonds. The predicted octanol–water partition coefficient (Wildman–Crippen LogP) is 3.28. The number of benzene rings is 1. The first kappa shape index (κ1) is 17.0. The van der Waals surface area contributed by atoms with E-state index in [1.54, 1.807) is 11.3 Å². The number of amides is 1. The Labute approximate surface area is 150 Å². The van der Waals surface area contributed by atoms with Gasteiger partial charge in [0.25, 0.3) is 5.91 Å². The number of halogens is 1. The highest BCUT2D eigenvalue weighted by Crippen LogP contribution is 2.34. The second-order valence-corrected chi connectivity index (χ2v) is 6.74. The first-order valence-electron chi connectivity index (χ1n) is 7.79. The van der Waals surface area contributed by atoms with E-state index in [-0.39, 0.29) is 12.4 Å². The van der Waals surface area contributed by atoms with Gasteiger partial charge in [-0.15, -0.1) is 12.4 Å². The molecule has 4 N–H and O–H groups in total. The van der Waals surface area contributed by atoms with E-state index in [2.05, 4.69) is 33.0 Å². The highest BCUT2D eigenvalue weighted by atomic mass is 35.5. The third-order valence-corrected chi connectivity index (χ3v) is 5.23. The quantitative estimate of drug-likeness (QED) is 0.668. The van der Waals surface area contributed by atoms with Gasteiger partial charge in [0.2, 0.25) is 0 Å². The molecule has 4 rings (SSSR count). The van der Waals surface area contributed by atoms with Crippen LogP contribution in [0.5, 0.6) is 0 Å². The second-order valence-electron chi connectivity index (χ2n) is 5.96. The van der Waals surface area contributed by atoms with Crippen molar-refractivity contribution >= 4 is 40.6 Å². The molecule has 0 atom stereocenters. The summed E-state index contributed by atoms with van der Waals surface area (Å²) < 4.78 is 0. The lowest BCUT2D eigenvalue weighted by atomic mass is 9.91. The van der Waals surface area contributed by atoms with Crippen LogP contribution >= 0.6 is 23.7 Å². The van der Waals surface area contributed by atoms with Gasteiger partial charge in [0.1, 0.15) is 0 Å². The number of hydrogen-bond acceptors (Lipinski definition) is 4. The molecule has 1 saturated heterocycles. The van der Waals surface area contributed by atoms with Crippen LogP contribution < -0.4 is 11.1 Å². The molecule has 0 bridgehead atoms. The second kappa shape index (κ2) is 6.93. The van der Waals surface area contributed by atoms with Gasteiger partial charge in [0.05, 0.1) is 16.8 Å². The number of hydrogen-bond donors (Lipinski definition) is 3. The van der Waals surface area contributed by atoms with Gasteiger partial charge in [-0.3, -0.25) is 9.89 Å². The molecule has 24 heavy (non-hydrogen) atoms. The molecule has 7 heteroatoms. The summed E-state index contributed by atoms with van der Waals surface area (Å²) in [5.74, 6) is -0.00367. The van der Waals surface area contributed by atoms with Gasteiger partial charge in [-0.05, 0) is 66.0 Å². The molecule has 2 aromatic heterocycles. The van der Waals surface area contributed by atoms with Gasteiger partial charge in [0.15, 0.2) is 0 Å². The molecular weight excluding hydrogens is 344 g/mol. The summed E-state index contributed by atoms with van der Waals surface area (Å²) in [6, 6.07) is 6.04. The minimum absolute atomic E-state index is 0. The minimum Gasteiger partial charge on any atom is -0.366 e. The number of H-pyrrole nitrogens is 1. The molecule has 3 aromatic rings. The third-order valence-electron chi connectivity index (χ3n) is 4.55. The summed E-state index contributed by atoms with van der Waals surface area (Å²) >= 11 is 1.64. The number of rotatable bonds is 3. The SMILES string of the molecule is Cl.NC(=O)c1cc(-c2ccsc2)cc2c(C3CCNCC3)n[nH]c12. The van der Waals surface area contributed by atoms with Gasteiger partial charge < -0.3 is 11.1 Å². The lowest BCUT2D eigenvalue weighted by Crippen LogP contribution is -2.26. The average molecular weight is 363 g/mol. The Morgan fingerprint density at radius 1 is 1.25 bits per heavy atom. The number of nitrogens with zero attached hydrogens (tertiary/aromatic N) is 1. The Hall–Kier alpha value is -1.89. The topological polar surface area (TPSA) is 83.8 Å². The van der Waals surface area contributed by atoms with E-state index in [1.165, 1.54) is 0 Å². The van der Waals surface area contributed by atoms with Crippen molar-refractivity contribution in [3.05, 3.63) is 40.2 Å². The van der Waals surface area contributed by atoms with Gasteiger partial charge in [-0.2, -0.15) is 16.4 Å². The fourth-order valence-corrected chi connectivity index (χ4v) is 4.00. The first-order chi connectivity index (χ1) is 11.2. The Kier molecular flexibility index (Phi) is 4.89. The normalized spacial score (nSPS) is 15.3. The minimum atomic E-state index is -0.424. The summed E-state index contributed by atoms with van der Waals surface area (Å²) in [5.41, 5.74) is 10.0. The standard InChI is InChI=1S/C17H18N4OS.ClH/c18-17(22)14-8-12(11-3-6-23-9-11)7-13-15(20-21-16(13)14)10-1-4-19-5-2-10;/h3,6-10,19H,1-2,4-5H2,(H2,18,22)(H,20,21);1H. The van der Waals surface area contributed by atoms with Crippen LogP contribution in [0.2, 0.25) is 0 Å². The number of fused-ring (bicyclic) bond motifs is 1. The van der Waals surface area contributed by atoms with Crippen LogP contribution in [0.3, 0.4) is 0 Å². The van der Waals surface area contributed by atoms with Crippen molar-refractivity contribution in [2.75, 3.05) is 13.1 Å². The van der Waals surface area contributed by atoms with Crippen molar-refractivity contribution in [3.63, 3.8) is 0 Å². The zero-order chi connectivity index (χ0) is 15.8. The molecule has 0 spiro atoms. The average Bonchev–Trinajstić information content (AvgIpc) is 3.24. The van der Waals surface area contributed by atoms with Crippen molar-refractivity contribution in [3.8, 4) is 11.1 Å². The molecule has 0 unspecified atom stereocenters. The number of primary amides is 1. The highest BCUT2D eigenvalue weighted by Gasteiger charge is 2.22. The van der Waals surface area contributed by atoms with E-state index >= 15 is 0 Å². The largest absolute Gasteiger partial charge is 0.366 e. The Bertz CT molecular complexity index is 853. The molecule has 3 heterocycles. The molecule has 126 valence electrons. The number of nitrogens with two attached hydrogens (primary N) is 1. The van der Waals surface area contributed by atoms with Gasteiger partial charge >= 0.3 is 0 Å². The van der Waals surface area contributed by atoms with E-state index in [1.807, 2.05) is 11.4 Å². The number of thiophene rings is 1. The summed E-state index contributed by atoms with van der Waals surface area (Å²) in [7, 11) is 0. The molecule has 1 aromatic carbocycles. The monoisotopic (exact) mass is 362 g/mol. The zero-order valence-corrected chi connectivity index (χ0v) is 14.7. The Morgan fingerprint density at radius 3 is 2.71 bits per heavy atom. The molecule has 1 aliphatic rings. The van der Waals surface area contributed by atoms with Gasteiger partial charge in [-0.1, -0.05) is 0 Å². The van der Waals surface area contributed by atoms with Crippen molar-refractivity contribution in [2.45, 2.75) is 18.8 Å². The fourth-order valence-electron chi connectivity index (χ4n) is 3.34. The van der Waals surface area contributed by atoms with E-state index in [9.17, 15) is 4.79 Å². The number of carbonyl (C=O) groups is 1. The number of nitrogens with one attached hydrogen (secondary N) is 2. The first-order valence-corrected chi connectivity index (χ1v) is 8.73. The molecule has 5 nitrogen and oxygen atoms in total. The van der Waals surface area contributed by atoms with E-state index in [4.69, 9.17) is 5.73 Å². The Balaban J connectivity index is 0.00000169. The van der Waals surface area contributed by atoms with Crippen LogP contribution in [-0.2, 0) is 0 Å². The molecule has 0 radical (unpaired) electrons. The van der Waals surface area contributed by atoms with Crippen molar-refractivity contribution in [1.82, 2.24) is 15.5 Å². The summed E-state index contributed by atoms with van der Waals surface area (Å²) in [6.45, 7) is 2.01. The van der Waals surface area contributed by atoms with Crippen LogP contribution in [0.1, 0.15) is 34.8 Å². The number of aromatic amines is 1. The summed E-state index contributed by atoms with van der Waals surface area (Å²) in [4.78, 5) is 11.9. The Morgan fingerprint density at radius 2 is 2.04 bits per heavy atom. The smallest absolute Gasteiger partial charge is 0.250 e. The molecule has 1 fully saturated rings. The van der Waals surface area contributed by atoms with Gasteiger partial charge in [0, 0.05) is 11.3 Å². The van der Waals surface area contributed by atoms with Crippen LogP contribution in [0.4, 0.5) is 0 Å². The van der Waals surface area contributed by atoms with Crippen molar-refractivity contribution < 1.29 is 4.79 Å². The maximum absolute atomic E-state index is 11.9. The van der Waals surface area contributed by atoms with Crippen LogP contribution in [0.25, 0.3) is 22.0 Å². The maximum atomic E-state index is 11.9. The van der Waals surface area contributed by atoms with Crippen LogP contribution in [0.15, 0.2) is 29.0 Å². The third kappa shape index (κ3) is 2.92. The molecule has 1 aliphatic heterocycles. The molecular formula is C17H19ClN4OS. The molecule has 0 saturated carbocycles. The van der Waals surface area contributed by atoms with E-state index < -0.39 is 5.91 Å². The fraction of sp³-hybridized carbons (Fsp3) is 0.294. The summed E-state index contributed by atoms with van der Waals surface area (Å²) in [5, 5.41) is 16.1. The number of carbonyl (C=O) groups excluding carboxylic acids is 1. The van der Waals surface area contributed by atoms with E-state index in [0.29, 0.717) is 11.5 Å². The lowest BCUT2D eigenvalue weighted by Gasteiger charge is -2.21. The zero-order valence-electron chi connectivity index (χ0n) is 13.0. The number of aromatic nitrogens is 2.